The molecule has 1 unspecified atom stereocenters. The maximum Gasteiger partial charge on any atom is 0.119 e. The van der Waals surface area contributed by atoms with Gasteiger partial charge in [0.25, 0.3) is 0 Å². The first-order valence-electron chi connectivity index (χ1n) is 7.60. The summed E-state index contributed by atoms with van der Waals surface area (Å²) in [4.78, 5) is 0. The normalized spacial score (nSPS) is 16.2. The van der Waals surface area contributed by atoms with Crippen LogP contribution in [0, 0.1) is 0 Å². The Morgan fingerprint density at radius 2 is 1.90 bits per heavy atom. The van der Waals surface area contributed by atoms with Gasteiger partial charge in [0.2, 0.25) is 0 Å². The van der Waals surface area contributed by atoms with E-state index >= 15 is 0 Å². The minimum absolute atomic E-state index is 0.00485. The minimum Gasteiger partial charge on any atom is -0.492 e. The lowest BCUT2D eigenvalue weighted by molar-refractivity contribution is 0.267. The van der Waals surface area contributed by atoms with E-state index in [0.29, 0.717) is 6.61 Å². The molecule has 21 heavy (non-hydrogen) atoms. The van der Waals surface area contributed by atoms with Gasteiger partial charge in [-0.2, -0.15) is 0 Å². The molecule has 2 aromatic carbocycles. The third kappa shape index (κ3) is 3.43. The van der Waals surface area contributed by atoms with Gasteiger partial charge in [-0.25, -0.2) is 5.43 Å². The fraction of sp³-hybridized carbons (Fsp3) is 0.333. The average Bonchev–Trinajstić information content (AvgIpc) is 2.48. The summed E-state index contributed by atoms with van der Waals surface area (Å²) in [7, 11) is 0. The highest BCUT2D eigenvalue weighted by molar-refractivity contribution is 5.30. The lowest BCUT2D eigenvalue weighted by atomic mass is 9.79. The highest BCUT2D eigenvalue weighted by Gasteiger charge is 2.20. The number of para-hydroxylation sites is 1. The fourth-order valence-corrected chi connectivity index (χ4v) is 2.71. The second-order valence-corrected chi connectivity index (χ2v) is 5.64. The van der Waals surface area contributed by atoms with Gasteiger partial charge >= 0.3 is 0 Å². The SMILES string of the molecule is NNC(COc1ccccc1)c1cccc(C2CCC2)c1. The highest BCUT2D eigenvalue weighted by Crippen LogP contribution is 2.36. The van der Waals surface area contributed by atoms with E-state index in [2.05, 4.69) is 29.7 Å². The zero-order chi connectivity index (χ0) is 14.5. The van der Waals surface area contributed by atoms with Crippen molar-refractivity contribution in [1.29, 1.82) is 0 Å². The summed E-state index contributed by atoms with van der Waals surface area (Å²) in [6, 6.07) is 18.6. The first-order chi connectivity index (χ1) is 10.4. The first kappa shape index (κ1) is 14.1. The summed E-state index contributed by atoms with van der Waals surface area (Å²) in [6.07, 6.45) is 3.97. The molecule has 3 heteroatoms. The molecule has 0 heterocycles. The number of nitrogens with one attached hydrogen (secondary N) is 1. The van der Waals surface area contributed by atoms with Crippen molar-refractivity contribution in [1.82, 2.24) is 5.43 Å². The van der Waals surface area contributed by atoms with Gasteiger partial charge in [0.05, 0.1) is 6.04 Å². The average molecular weight is 282 g/mol. The van der Waals surface area contributed by atoms with Crippen LogP contribution >= 0.6 is 0 Å². The largest absolute Gasteiger partial charge is 0.492 e. The molecule has 0 saturated heterocycles. The van der Waals surface area contributed by atoms with Gasteiger partial charge in [0.15, 0.2) is 0 Å². The summed E-state index contributed by atoms with van der Waals surface area (Å²) in [5, 5.41) is 0. The first-order valence-corrected chi connectivity index (χ1v) is 7.60. The molecule has 110 valence electrons. The summed E-state index contributed by atoms with van der Waals surface area (Å²) >= 11 is 0. The van der Waals surface area contributed by atoms with E-state index < -0.39 is 0 Å². The summed E-state index contributed by atoms with van der Waals surface area (Å²) in [5.74, 6) is 7.31. The summed E-state index contributed by atoms with van der Waals surface area (Å²) in [6.45, 7) is 0.522. The van der Waals surface area contributed by atoms with E-state index in [4.69, 9.17) is 10.6 Å². The molecule has 0 radical (unpaired) electrons. The Hall–Kier alpha value is -1.84. The molecule has 1 aliphatic carbocycles. The van der Waals surface area contributed by atoms with E-state index in [1.54, 1.807) is 0 Å². The molecule has 0 bridgehead atoms. The van der Waals surface area contributed by atoms with Crippen LogP contribution in [0.1, 0.15) is 42.3 Å². The molecule has 0 aliphatic heterocycles. The van der Waals surface area contributed by atoms with Crippen LogP contribution in [0.2, 0.25) is 0 Å². The Morgan fingerprint density at radius 1 is 1.10 bits per heavy atom. The zero-order valence-corrected chi connectivity index (χ0v) is 12.2. The van der Waals surface area contributed by atoms with Crippen LogP contribution in [0.15, 0.2) is 54.6 Å². The third-order valence-electron chi connectivity index (χ3n) is 4.25. The number of hydrogen-bond donors (Lipinski definition) is 2. The van der Waals surface area contributed by atoms with Gasteiger partial charge in [-0.3, -0.25) is 5.84 Å². The fourth-order valence-electron chi connectivity index (χ4n) is 2.71. The second-order valence-electron chi connectivity index (χ2n) is 5.64. The molecule has 0 spiro atoms. The van der Waals surface area contributed by atoms with E-state index in [1.807, 2.05) is 30.3 Å². The zero-order valence-electron chi connectivity index (χ0n) is 12.2. The Morgan fingerprint density at radius 3 is 2.57 bits per heavy atom. The quantitative estimate of drug-likeness (QED) is 0.629. The van der Waals surface area contributed by atoms with Crippen molar-refractivity contribution in [3.8, 4) is 5.75 Å². The predicted molar refractivity (Wildman–Crippen MR) is 85.0 cm³/mol. The number of benzene rings is 2. The Kier molecular flexibility index (Phi) is 4.53. The number of hydrogen-bond acceptors (Lipinski definition) is 3. The molecule has 1 fully saturated rings. The van der Waals surface area contributed by atoms with Crippen molar-refractivity contribution in [2.45, 2.75) is 31.2 Å². The standard InChI is InChI=1S/C18H22N2O/c19-20-18(13-21-17-10-2-1-3-11-17)16-9-5-8-15(12-16)14-6-4-7-14/h1-3,5,8-12,14,18,20H,4,6-7,13,19H2. The monoisotopic (exact) mass is 282 g/mol. The summed E-state index contributed by atoms with van der Waals surface area (Å²) in [5.41, 5.74) is 5.49. The van der Waals surface area contributed by atoms with Gasteiger partial charge in [-0.05, 0) is 42.0 Å². The van der Waals surface area contributed by atoms with Crippen LogP contribution in [0.4, 0.5) is 0 Å². The molecule has 1 saturated carbocycles. The van der Waals surface area contributed by atoms with Crippen LogP contribution < -0.4 is 16.0 Å². The van der Waals surface area contributed by atoms with Crippen molar-refractivity contribution >= 4 is 0 Å². The van der Waals surface area contributed by atoms with Crippen molar-refractivity contribution in [3.05, 3.63) is 65.7 Å². The molecular weight excluding hydrogens is 260 g/mol. The van der Waals surface area contributed by atoms with Gasteiger partial charge < -0.3 is 4.74 Å². The van der Waals surface area contributed by atoms with E-state index in [1.165, 1.54) is 30.4 Å². The number of ether oxygens (including phenoxy) is 1. The van der Waals surface area contributed by atoms with Crippen molar-refractivity contribution in [2.24, 2.45) is 5.84 Å². The molecular formula is C18H22N2O. The molecule has 2 aromatic rings. The third-order valence-corrected chi connectivity index (χ3v) is 4.25. The Balaban J connectivity index is 1.67. The lowest BCUT2D eigenvalue weighted by Gasteiger charge is -2.27. The van der Waals surface area contributed by atoms with Gasteiger partial charge in [0.1, 0.15) is 12.4 Å². The van der Waals surface area contributed by atoms with Crippen molar-refractivity contribution < 1.29 is 4.74 Å². The maximum atomic E-state index is 5.81. The molecule has 3 rings (SSSR count). The van der Waals surface area contributed by atoms with Crippen LogP contribution in [0.5, 0.6) is 5.75 Å². The topological polar surface area (TPSA) is 47.3 Å². The van der Waals surface area contributed by atoms with Crippen molar-refractivity contribution in [2.75, 3.05) is 6.61 Å². The van der Waals surface area contributed by atoms with Crippen LogP contribution in [-0.4, -0.2) is 6.61 Å². The predicted octanol–water partition coefficient (Wildman–Crippen LogP) is 3.54. The molecule has 0 aromatic heterocycles. The summed E-state index contributed by atoms with van der Waals surface area (Å²) < 4.78 is 5.81. The van der Waals surface area contributed by atoms with Gasteiger partial charge in [-0.1, -0.05) is 48.9 Å². The molecule has 3 nitrogen and oxygen atoms in total. The van der Waals surface area contributed by atoms with E-state index in [-0.39, 0.29) is 6.04 Å². The Labute approximate surface area is 126 Å². The maximum absolute atomic E-state index is 5.81. The van der Waals surface area contributed by atoms with Gasteiger partial charge in [-0.15, -0.1) is 0 Å². The van der Waals surface area contributed by atoms with Crippen LogP contribution in [-0.2, 0) is 0 Å². The lowest BCUT2D eigenvalue weighted by Crippen LogP contribution is -2.32. The molecule has 3 N–H and O–H groups in total. The number of rotatable bonds is 6. The second kappa shape index (κ2) is 6.74. The Bertz CT molecular complexity index is 566. The number of hydrazine groups is 1. The smallest absolute Gasteiger partial charge is 0.119 e. The van der Waals surface area contributed by atoms with Crippen LogP contribution in [0.25, 0.3) is 0 Å². The number of nitrogens with two attached hydrogens (primary N) is 1. The van der Waals surface area contributed by atoms with Crippen LogP contribution in [0.3, 0.4) is 0 Å². The molecule has 1 aliphatic rings. The van der Waals surface area contributed by atoms with Crippen molar-refractivity contribution in [3.63, 3.8) is 0 Å². The molecule has 0 amide bonds. The van der Waals surface area contributed by atoms with Gasteiger partial charge in [0, 0.05) is 0 Å². The van der Waals surface area contributed by atoms with E-state index in [9.17, 15) is 0 Å². The minimum atomic E-state index is 0.00485. The van der Waals surface area contributed by atoms with E-state index in [0.717, 1.165) is 11.7 Å². The molecule has 1 atom stereocenters. The highest BCUT2D eigenvalue weighted by atomic mass is 16.5.